The van der Waals surface area contributed by atoms with E-state index >= 15 is 0 Å². The fourth-order valence-electron chi connectivity index (χ4n) is 3.35. The number of rotatable bonds is 0. The van der Waals surface area contributed by atoms with E-state index < -0.39 is 0 Å². The lowest BCUT2D eigenvalue weighted by molar-refractivity contribution is 1.43. The molecule has 0 aliphatic heterocycles. The second-order valence-electron chi connectivity index (χ2n) is 6.06. The molecule has 0 aromatic heterocycles. The van der Waals surface area contributed by atoms with E-state index in [2.05, 4.69) is 60.7 Å². The Morgan fingerprint density at radius 2 is 0.769 bits per heavy atom. The molecule has 0 saturated heterocycles. The fourth-order valence-corrected chi connectivity index (χ4v) is 3.35. The first kappa shape index (κ1) is 15.6. The van der Waals surface area contributed by atoms with Gasteiger partial charge in [0.25, 0.3) is 0 Å². The molecule has 0 N–H and O–H groups in total. The van der Waals surface area contributed by atoms with Crippen molar-refractivity contribution in [2.45, 2.75) is 0 Å². The second-order valence-corrected chi connectivity index (χ2v) is 6.06. The van der Waals surface area contributed by atoms with Gasteiger partial charge in [-0.05, 0) is 44.5 Å². The number of benzene rings is 5. The van der Waals surface area contributed by atoms with E-state index in [1.165, 1.54) is 32.3 Å². The number of hydrogen-bond acceptors (Lipinski definition) is 2. The molecule has 5 aromatic carbocycles. The number of nitrogens with zero attached hydrogens (tertiary/aromatic N) is 2. The summed E-state index contributed by atoms with van der Waals surface area (Å²) >= 11 is 0. The van der Waals surface area contributed by atoms with Crippen LogP contribution in [-0.4, -0.2) is 0 Å². The van der Waals surface area contributed by atoms with Gasteiger partial charge in [-0.15, -0.1) is 0 Å². The molecule has 5 aromatic rings. The average molecular weight is 330 g/mol. The molecule has 0 saturated carbocycles. The number of nitriles is 2. The molecule has 0 bridgehead atoms. The van der Waals surface area contributed by atoms with Gasteiger partial charge < -0.3 is 0 Å². The second kappa shape index (κ2) is 6.55. The van der Waals surface area contributed by atoms with Crippen LogP contribution in [0.25, 0.3) is 32.3 Å². The molecule has 2 heteroatoms. The minimum atomic E-state index is 0.435. The maximum atomic E-state index is 8.45. The van der Waals surface area contributed by atoms with Gasteiger partial charge in [-0.1, -0.05) is 72.8 Å². The first-order chi connectivity index (χ1) is 12.8. The van der Waals surface area contributed by atoms with Crippen molar-refractivity contribution < 1.29 is 0 Å². The van der Waals surface area contributed by atoms with Gasteiger partial charge >= 0.3 is 0 Å². The van der Waals surface area contributed by atoms with Crippen LogP contribution >= 0.6 is 0 Å². The van der Waals surface area contributed by atoms with Gasteiger partial charge in [0.15, 0.2) is 0 Å². The topological polar surface area (TPSA) is 47.6 Å². The van der Waals surface area contributed by atoms with E-state index in [4.69, 9.17) is 10.5 Å². The maximum absolute atomic E-state index is 8.45. The zero-order chi connectivity index (χ0) is 17.9. The molecule has 0 fully saturated rings. The average Bonchev–Trinajstić information content (AvgIpc) is 2.72. The van der Waals surface area contributed by atoms with Crippen LogP contribution in [0.5, 0.6) is 0 Å². The van der Waals surface area contributed by atoms with Gasteiger partial charge in [0, 0.05) is 0 Å². The zero-order valence-corrected chi connectivity index (χ0v) is 14.0. The molecule has 0 heterocycles. The Balaban J connectivity index is 0.000000146. The molecule has 0 spiro atoms. The largest absolute Gasteiger partial charge is 0.192 e. The Hall–Kier alpha value is -3.88. The van der Waals surface area contributed by atoms with Gasteiger partial charge in [0.05, 0.1) is 11.1 Å². The van der Waals surface area contributed by atoms with Crippen LogP contribution in [0.2, 0.25) is 0 Å². The highest BCUT2D eigenvalue weighted by Gasteiger charge is 2.05. The van der Waals surface area contributed by atoms with E-state index in [1.54, 1.807) is 24.3 Å². The highest BCUT2D eigenvalue weighted by molar-refractivity contribution is 6.22. The first-order valence-electron chi connectivity index (χ1n) is 8.33. The lowest BCUT2D eigenvalue weighted by atomic mass is 9.95. The van der Waals surface area contributed by atoms with Crippen molar-refractivity contribution in [3.8, 4) is 12.1 Å². The highest BCUT2D eigenvalue weighted by Crippen LogP contribution is 2.33. The van der Waals surface area contributed by atoms with E-state index in [0.717, 1.165) is 0 Å². The van der Waals surface area contributed by atoms with Crippen molar-refractivity contribution in [1.82, 2.24) is 0 Å². The van der Waals surface area contributed by atoms with Gasteiger partial charge in [-0.25, -0.2) is 0 Å². The zero-order valence-electron chi connectivity index (χ0n) is 14.0. The SMILES string of the molecule is N#Cc1ccccc1C#N.c1cc2ccc3cccc4ccc(c1)c2c34. The maximum Gasteiger partial charge on any atom is 0.101 e. The standard InChI is InChI=1S/C16H10.C8H4N2/c1-3-11-7-9-13-5-2-6-14-10-8-12(4-1)15(11)16(13)14;9-5-7-3-1-2-4-8(7)6-10/h1-10H;1-4H. The van der Waals surface area contributed by atoms with Crippen LogP contribution in [-0.2, 0) is 0 Å². The smallest absolute Gasteiger partial charge is 0.101 e. The Labute approximate surface area is 151 Å². The Morgan fingerprint density at radius 3 is 1.08 bits per heavy atom. The Morgan fingerprint density at radius 1 is 0.423 bits per heavy atom. The predicted molar refractivity (Wildman–Crippen MR) is 106 cm³/mol. The molecule has 0 unspecified atom stereocenters. The molecule has 5 rings (SSSR count). The molecule has 26 heavy (non-hydrogen) atoms. The number of hydrogen-bond donors (Lipinski definition) is 0. The van der Waals surface area contributed by atoms with Gasteiger partial charge in [0.2, 0.25) is 0 Å². The van der Waals surface area contributed by atoms with E-state index in [-0.39, 0.29) is 0 Å². The molecular weight excluding hydrogens is 316 g/mol. The van der Waals surface area contributed by atoms with Crippen molar-refractivity contribution in [2.24, 2.45) is 0 Å². The molecule has 2 nitrogen and oxygen atoms in total. The van der Waals surface area contributed by atoms with E-state index in [0.29, 0.717) is 11.1 Å². The summed E-state index contributed by atoms with van der Waals surface area (Å²) in [7, 11) is 0. The third-order valence-electron chi connectivity index (χ3n) is 4.56. The summed E-state index contributed by atoms with van der Waals surface area (Å²) in [4.78, 5) is 0. The van der Waals surface area contributed by atoms with Gasteiger partial charge in [-0.2, -0.15) is 10.5 Å². The molecule has 0 aliphatic rings. The summed E-state index contributed by atoms with van der Waals surface area (Å²) in [6, 6.07) is 32.4. The molecule has 0 aliphatic carbocycles. The van der Waals surface area contributed by atoms with E-state index in [9.17, 15) is 0 Å². The van der Waals surface area contributed by atoms with Crippen molar-refractivity contribution in [2.75, 3.05) is 0 Å². The monoisotopic (exact) mass is 330 g/mol. The van der Waals surface area contributed by atoms with Crippen LogP contribution < -0.4 is 0 Å². The fraction of sp³-hybridized carbons (Fsp3) is 0. The van der Waals surface area contributed by atoms with E-state index in [1.807, 2.05) is 12.1 Å². The molecule has 120 valence electrons. The van der Waals surface area contributed by atoms with Crippen LogP contribution in [0, 0.1) is 22.7 Å². The van der Waals surface area contributed by atoms with Crippen LogP contribution in [0.3, 0.4) is 0 Å². The summed E-state index contributed by atoms with van der Waals surface area (Å²) in [6.07, 6.45) is 0. The van der Waals surface area contributed by atoms with Crippen LogP contribution in [0.15, 0.2) is 84.9 Å². The lowest BCUT2D eigenvalue weighted by Crippen LogP contribution is -1.82. The molecule has 0 atom stereocenters. The molecule has 0 radical (unpaired) electrons. The minimum absolute atomic E-state index is 0.435. The summed E-state index contributed by atoms with van der Waals surface area (Å²) in [5.74, 6) is 0. The van der Waals surface area contributed by atoms with Crippen LogP contribution in [0.4, 0.5) is 0 Å². The summed E-state index contributed by atoms with van der Waals surface area (Å²) in [5.41, 5.74) is 0.870. The highest BCUT2D eigenvalue weighted by atomic mass is 14.3. The van der Waals surface area contributed by atoms with Crippen molar-refractivity contribution in [3.63, 3.8) is 0 Å². The summed E-state index contributed by atoms with van der Waals surface area (Å²) < 4.78 is 0. The lowest BCUT2D eigenvalue weighted by Gasteiger charge is -2.09. The molecular formula is C24H14N2. The predicted octanol–water partition coefficient (Wildman–Crippen LogP) is 6.01. The Kier molecular flexibility index (Phi) is 3.94. The quantitative estimate of drug-likeness (QED) is 0.326. The Bertz CT molecular complexity index is 1140. The van der Waals surface area contributed by atoms with Crippen molar-refractivity contribution >= 4 is 32.3 Å². The normalized spacial score (nSPS) is 10.2. The van der Waals surface area contributed by atoms with Crippen molar-refractivity contribution in [3.05, 3.63) is 96.1 Å². The third kappa shape index (κ3) is 2.61. The third-order valence-corrected chi connectivity index (χ3v) is 4.56. The summed E-state index contributed by atoms with van der Waals surface area (Å²) in [6.45, 7) is 0. The molecule has 0 amide bonds. The van der Waals surface area contributed by atoms with Crippen LogP contribution in [0.1, 0.15) is 11.1 Å². The van der Waals surface area contributed by atoms with Gasteiger partial charge in [-0.3, -0.25) is 0 Å². The van der Waals surface area contributed by atoms with Gasteiger partial charge in [0.1, 0.15) is 12.1 Å². The summed E-state index contributed by atoms with van der Waals surface area (Å²) in [5, 5.41) is 25.0. The first-order valence-corrected chi connectivity index (χ1v) is 8.33. The van der Waals surface area contributed by atoms with Crippen molar-refractivity contribution in [1.29, 1.82) is 10.5 Å². The minimum Gasteiger partial charge on any atom is -0.192 e.